The number of nitrogens with one attached hydrogen (secondary N) is 2. The van der Waals surface area contributed by atoms with Gasteiger partial charge in [-0.1, -0.05) is 24.9 Å². The monoisotopic (exact) mass is 227 g/mol. The Bertz CT molecular complexity index is 404. The second-order valence-electron chi connectivity index (χ2n) is 3.96. The van der Waals surface area contributed by atoms with Crippen molar-refractivity contribution in [2.24, 2.45) is 5.92 Å². The van der Waals surface area contributed by atoms with E-state index < -0.39 is 0 Å². The lowest BCUT2D eigenvalue weighted by molar-refractivity contribution is 0.692. The van der Waals surface area contributed by atoms with Crippen molar-refractivity contribution >= 4 is 17.3 Å². The molecule has 1 aromatic rings. The smallest absolute Gasteiger partial charge is 0.285 e. The average Bonchev–Trinajstić information content (AvgIpc) is 2.93. The molecular formula is C10H14ClN3O. The Balaban J connectivity index is 2.01. The molecule has 1 fully saturated rings. The third-order valence-corrected chi connectivity index (χ3v) is 3.09. The van der Waals surface area contributed by atoms with Crippen molar-refractivity contribution in [1.82, 2.24) is 10.2 Å². The minimum atomic E-state index is -0.339. The molecule has 0 radical (unpaired) electrons. The number of rotatable bonds is 4. The minimum absolute atomic E-state index is 0.201. The molecule has 0 bridgehead atoms. The maximum atomic E-state index is 11.2. The molecule has 0 amide bonds. The van der Waals surface area contributed by atoms with Crippen molar-refractivity contribution in [3.63, 3.8) is 0 Å². The molecule has 2 atom stereocenters. The van der Waals surface area contributed by atoms with Crippen molar-refractivity contribution in [3.05, 3.63) is 21.6 Å². The van der Waals surface area contributed by atoms with E-state index in [1.54, 1.807) is 6.20 Å². The van der Waals surface area contributed by atoms with E-state index in [1.165, 1.54) is 12.8 Å². The van der Waals surface area contributed by atoms with Gasteiger partial charge in [0.25, 0.3) is 5.56 Å². The first kappa shape index (κ1) is 10.5. The highest BCUT2D eigenvalue weighted by atomic mass is 35.5. The summed E-state index contributed by atoms with van der Waals surface area (Å²) in [7, 11) is 0. The number of hydrogen-bond acceptors (Lipinski definition) is 3. The third-order valence-electron chi connectivity index (χ3n) is 2.72. The highest BCUT2D eigenvalue weighted by Gasteiger charge is 2.36. The van der Waals surface area contributed by atoms with Gasteiger partial charge in [-0.2, -0.15) is 5.10 Å². The van der Waals surface area contributed by atoms with E-state index in [-0.39, 0.29) is 10.6 Å². The first-order valence-corrected chi connectivity index (χ1v) is 5.60. The van der Waals surface area contributed by atoms with Gasteiger partial charge in [0.1, 0.15) is 5.02 Å². The summed E-state index contributed by atoms with van der Waals surface area (Å²) in [4.78, 5) is 11.2. The van der Waals surface area contributed by atoms with Crippen LogP contribution in [0.1, 0.15) is 26.2 Å². The van der Waals surface area contributed by atoms with Crippen LogP contribution in [0.2, 0.25) is 5.02 Å². The Morgan fingerprint density at radius 1 is 1.73 bits per heavy atom. The van der Waals surface area contributed by atoms with Gasteiger partial charge in [0, 0.05) is 6.04 Å². The van der Waals surface area contributed by atoms with Gasteiger partial charge in [-0.05, 0) is 18.8 Å². The zero-order valence-electron chi connectivity index (χ0n) is 8.59. The number of anilines is 1. The molecule has 5 heteroatoms. The van der Waals surface area contributed by atoms with Crippen molar-refractivity contribution in [2.45, 2.75) is 32.2 Å². The molecule has 82 valence electrons. The van der Waals surface area contributed by atoms with Gasteiger partial charge < -0.3 is 5.32 Å². The van der Waals surface area contributed by atoms with Crippen LogP contribution in [0.25, 0.3) is 0 Å². The SMILES string of the molecule is CCCC1CC1Nc1cn[nH]c(=O)c1Cl. The van der Waals surface area contributed by atoms with Crippen molar-refractivity contribution in [2.75, 3.05) is 5.32 Å². The molecule has 1 aromatic heterocycles. The van der Waals surface area contributed by atoms with E-state index in [9.17, 15) is 4.79 Å². The lowest BCUT2D eigenvalue weighted by atomic mass is 10.2. The summed E-state index contributed by atoms with van der Waals surface area (Å²) in [6.45, 7) is 2.18. The van der Waals surface area contributed by atoms with Gasteiger partial charge in [0.05, 0.1) is 11.9 Å². The molecule has 1 aliphatic rings. The predicted molar refractivity (Wildman–Crippen MR) is 60.3 cm³/mol. The van der Waals surface area contributed by atoms with Gasteiger partial charge >= 0.3 is 0 Å². The van der Waals surface area contributed by atoms with Gasteiger partial charge in [-0.15, -0.1) is 0 Å². The number of aromatic nitrogens is 2. The molecule has 2 rings (SSSR count). The molecule has 0 saturated heterocycles. The third kappa shape index (κ3) is 2.31. The van der Waals surface area contributed by atoms with Gasteiger partial charge in [-0.25, -0.2) is 5.10 Å². The molecule has 0 aromatic carbocycles. The summed E-state index contributed by atoms with van der Waals surface area (Å²) in [5, 5.41) is 9.45. The van der Waals surface area contributed by atoms with Crippen LogP contribution in [0.4, 0.5) is 5.69 Å². The normalized spacial score (nSPS) is 23.9. The highest BCUT2D eigenvalue weighted by molar-refractivity contribution is 6.32. The molecule has 15 heavy (non-hydrogen) atoms. The standard InChI is InChI=1S/C10H14ClN3O/c1-2-3-6-4-7(6)13-8-5-12-14-10(15)9(8)11/h5-7H,2-4H2,1H3,(H2,13,14,15). The second kappa shape index (κ2) is 4.23. The van der Waals surface area contributed by atoms with Crippen LogP contribution in [0.3, 0.4) is 0 Å². The number of aromatic amines is 1. The molecule has 1 heterocycles. The fourth-order valence-corrected chi connectivity index (χ4v) is 1.94. The van der Waals surface area contributed by atoms with Crippen LogP contribution < -0.4 is 10.9 Å². The van der Waals surface area contributed by atoms with Crippen LogP contribution in [-0.2, 0) is 0 Å². The second-order valence-corrected chi connectivity index (χ2v) is 4.34. The van der Waals surface area contributed by atoms with E-state index in [4.69, 9.17) is 11.6 Å². The van der Waals surface area contributed by atoms with Crippen LogP contribution in [0.15, 0.2) is 11.0 Å². The first-order chi connectivity index (χ1) is 7.22. The van der Waals surface area contributed by atoms with Gasteiger partial charge in [-0.3, -0.25) is 4.79 Å². The van der Waals surface area contributed by atoms with Crippen LogP contribution in [-0.4, -0.2) is 16.2 Å². The lowest BCUT2D eigenvalue weighted by Crippen LogP contribution is -2.13. The maximum Gasteiger partial charge on any atom is 0.285 e. The molecule has 0 aliphatic heterocycles. The molecule has 2 N–H and O–H groups in total. The van der Waals surface area contributed by atoms with Crippen molar-refractivity contribution < 1.29 is 0 Å². The average molecular weight is 228 g/mol. The van der Waals surface area contributed by atoms with Crippen molar-refractivity contribution in [1.29, 1.82) is 0 Å². The summed E-state index contributed by atoms with van der Waals surface area (Å²) < 4.78 is 0. The fraction of sp³-hybridized carbons (Fsp3) is 0.600. The lowest BCUT2D eigenvalue weighted by Gasteiger charge is -2.05. The van der Waals surface area contributed by atoms with Crippen LogP contribution in [0, 0.1) is 5.92 Å². The zero-order chi connectivity index (χ0) is 10.8. The van der Waals surface area contributed by atoms with E-state index >= 15 is 0 Å². The highest BCUT2D eigenvalue weighted by Crippen LogP contribution is 2.37. The topological polar surface area (TPSA) is 57.8 Å². The predicted octanol–water partition coefficient (Wildman–Crippen LogP) is 2.02. The van der Waals surface area contributed by atoms with E-state index in [0.717, 1.165) is 12.3 Å². The summed E-state index contributed by atoms with van der Waals surface area (Å²) >= 11 is 5.84. The van der Waals surface area contributed by atoms with E-state index in [0.29, 0.717) is 11.7 Å². The molecule has 0 spiro atoms. The van der Waals surface area contributed by atoms with Gasteiger partial charge in [0.2, 0.25) is 0 Å². The summed E-state index contributed by atoms with van der Waals surface area (Å²) in [5.41, 5.74) is 0.304. The minimum Gasteiger partial charge on any atom is -0.379 e. The Kier molecular flexibility index (Phi) is 2.95. The summed E-state index contributed by atoms with van der Waals surface area (Å²) in [6.07, 6.45) is 5.15. The Morgan fingerprint density at radius 2 is 2.53 bits per heavy atom. The Morgan fingerprint density at radius 3 is 3.27 bits per heavy atom. The largest absolute Gasteiger partial charge is 0.379 e. The Hall–Kier alpha value is -1.03. The maximum absolute atomic E-state index is 11.2. The summed E-state index contributed by atoms with van der Waals surface area (Å²) in [5.74, 6) is 0.727. The van der Waals surface area contributed by atoms with Crippen LogP contribution >= 0.6 is 11.6 Å². The number of hydrogen-bond donors (Lipinski definition) is 2. The fourth-order valence-electron chi connectivity index (χ4n) is 1.80. The van der Waals surface area contributed by atoms with E-state index in [1.807, 2.05) is 0 Å². The van der Waals surface area contributed by atoms with Crippen molar-refractivity contribution in [3.8, 4) is 0 Å². The quantitative estimate of drug-likeness (QED) is 0.828. The summed E-state index contributed by atoms with van der Waals surface area (Å²) in [6, 6.07) is 0.464. The van der Waals surface area contributed by atoms with Gasteiger partial charge in [0.15, 0.2) is 0 Å². The number of nitrogens with zero attached hydrogens (tertiary/aromatic N) is 1. The number of H-pyrrole nitrogens is 1. The van der Waals surface area contributed by atoms with E-state index in [2.05, 4.69) is 22.4 Å². The first-order valence-electron chi connectivity index (χ1n) is 5.22. The number of halogens is 1. The molecule has 1 aliphatic carbocycles. The Labute approximate surface area is 93.0 Å². The van der Waals surface area contributed by atoms with Crippen LogP contribution in [0.5, 0.6) is 0 Å². The molecule has 2 unspecified atom stereocenters. The molecule has 4 nitrogen and oxygen atoms in total. The molecular weight excluding hydrogens is 214 g/mol. The zero-order valence-corrected chi connectivity index (χ0v) is 9.34. The molecule has 1 saturated carbocycles.